The summed E-state index contributed by atoms with van der Waals surface area (Å²) in [6.07, 6.45) is 1.43. The predicted molar refractivity (Wildman–Crippen MR) is 127 cm³/mol. The van der Waals surface area contributed by atoms with E-state index in [1.165, 1.54) is 53.3 Å². The van der Waals surface area contributed by atoms with E-state index >= 15 is 0 Å². The number of hydrogen-bond acceptors (Lipinski definition) is 6. The van der Waals surface area contributed by atoms with Gasteiger partial charge in [0.25, 0.3) is 11.8 Å². The van der Waals surface area contributed by atoms with Gasteiger partial charge in [0.15, 0.2) is 5.69 Å². The van der Waals surface area contributed by atoms with E-state index in [9.17, 15) is 19.1 Å². The summed E-state index contributed by atoms with van der Waals surface area (Å²) in [5.74, 6) is -1.70. The Morgan fingerprint density at radius 1 is 1.06 bits per heavy atom. The van der Waals surface area contributed by atoms with Crippen LogP contribution in [0.25, 0.3) is 16.9 Å². The Bertz CT molecular complexity index is 1410. The molecule has 2 heterocycles. The second kappa shape index (κ2) is 10.3. The summed E-state index contributed by atoms with van der Waals surface area (Å²) in [5, 5.41) is 28.3. The molecule has 9 nitrogen and oxygen atoms in total. The molecule has 0 bridgehead atoms. The van der Waals surface area contributed by atoms with Gasteiger partial charge < -0.3 is 20.8 Å². The van der Waals surface area contributed by atoms with Crippen LogP contribution in [0.3, 0.4) is 0 Å². The van der Waals surface area contributed by atoms with Gasteiger partial charge in [-0.05, 0) is 36.4 Å². The largest absolute Gasteiger partial charge is 0.508 e. The van der Waals surface area contributed by atoms with Crippen LogP contribution >= 0.6 is 11.6 Å². The number of phenolic OH excluding ortho intramolecular Hbond substituents is 1. The smallest absolute Gasteiger partial charge is 0.271 e. The van der Waals surface area contributed by atoms with E-state index in [1.54, 1.807) is 18.2 Å². The Hall–Kier alpha value is -4.28. The van der Waals surface area contributed by atoms with Crippen LogP contribution < -0.4 is 10.6 Å². The number of amides is 2. The van der Waals surface area contributed by atoms with E-state index in [-0.39, 0.29) is 46.7 Å². The molecule has 4 rings (SSSR count). The van der Waals surface area contributed by atoms with Gasteiger partial charge in [-0.25, -0.2) is 9.07 Å². The van der Waals surface area contributed by atoms with Gasteiger partial charge in [-0.3, -0.25) is 14.6 Å². The van der Waals surface area contributed by atoms with Gasteiger partial charge in [0.05, 0.1) is 22.9 Å². The van der Waals surface area contributed by atoms with Crippen LogP contribution in [0, 0.1) is 5.82 Å². The van der Waals surface area contributed by atoms with Crippen molar-refractivity contribution in [3.8, 4) is 22.7 Å². The summed E-state index contributed by atoms with van der Waals surface area (Å²) in [5.41, 5.74) is 0.794. The maximum absolute atomic E-state index is 14.2. The zero-order valence-electron chi connectivity index (χ0n) is 18.1. The molecule has 2 aromatic carbocycles. The first kappa shape index (κ1) is 23.9. The number of carbonyl (C=O) groups is 2. The average Bonchev–Trinajstić information content (AvgIpc) is 3.27. The van der Waals surface area contributed by atoms with E-state index in [0.717, 1.165) is 0 Å². The number of halogens is 2. The number of pyridine rings is 1. The molecule has 0 aliphatic carbocycles. The van der Waals surface area contributed by atoms with Gasteiger partial charge in [-0.15, -0.1) is 0 Å². The molecule has 0 atom stereocenters. The van der Waals surface area contributed by atoms with Gasteiger partial charge in [0.1, 0.15) is 23.1 Å². The van der Waals surface area contributed by atoms with Crippen molar-refractivity contribution in [2.75, 3.05) is 18.5 Å². The van der Waals surface area contributed by atoms with Gasteiger partial charge >= 0.3 is 0 Å². The van der Waals surface area contributed by atoms with Crippen molar-refractivity contribution in [3.63, 3.8) is 0 Å². The number of aromatic nitrogens is 3. The van der Waals surface area contributed by atoms with Crippen LogP contribution in [0.1, 0.15) is 20.8 Å². The van der Waals surface area contributed by atoms with E-state index in [2.05, 4.69) is 20.7 Å². The standard InChI is InChI=1S/C24H19ClFN5O4/c25-18-7-6-14(22-19(26)5-2-8-27-22)11-17(18)23(34)29-21-13-20(24(35)28-9-10-32)30-31(21)15-3-1-4-16(33)12-15/h1-8,11-13,32-33H,9-10H2,(H,28,35)(H,29,34). The van der Waals surface area contributed by atoms with Crippen LogP contribution in [0.4, 0.5) is 10.2 Å². The fourth-order valence-corrected chi connectivity index (χ4v) is 3.49. The first-order valence-electron chi connectivity index (χ1n) is 10.4. The number of aliphatic hydroxyl groups excluding tert-OH is 1. The molecule has 0 aliphatic rings. The molecule has 178 valence electrons. The molecule has 2 aromatic heterocycles. The maximum atomic E-state index is 14.2. The number of aromatic hydroxyl groups is 1. The summed E-state index contributed by atoms with van der Waals surface area (Å²) in [6.45, 7) is -0.236. The molecule has 0 unspecified atom stereocenters. The van der Waals surface area contributed by atoms with Crippen molar-refractivity contribution < 1.29 is 24.2 Å². The Kier molecular flexibility index (Phi) is 7.04. The van der Waals surface area contributed by atoms with E-state index < -0.39 is 17.6 Å². The zero-order valence-corrected chi connectivity index (χ0v) is 18.8. The lowest BCUT2D eigenvalue weighted by molar-refractivity contribution is 0.0938. The highest BCUT2D eigenvalue weighted by atomic mass is 35.5. The molecular weight excluding hydrogens is 477 g/mol. The van der Waals surface area contributed by atoms with Crippen LogP contribution in [0.15, 0.2) is 66.9 Å². The van der Waals surface area contributed by atoms with Crippen molar-refractivity contribution in [3.05, 3.63) is 89.0 Å². The summed E-state index contributed by atoms with van der Waals surface area (Å²) in [7, 11) is 0. The molecule has 0 radical (unpaired) electrons. The highest BCUT2D eigenvalue weighted by Gasteiger charge is 2.20. The van der Waals surface area contributed by atoms with Crippen molar-refractivity contribution in [1.82, 2.24) is 20.1 Å². The number of rotatable bonds is 7. The van der Waals surface area contributed by atoms with Crippen molar-refractivity contribution in [2.45, 2.75) is 0 Å². The molecule has 0 spiro atoms. The topological polar surface area (TPSA) is 129 Å². The van der Waals surface area contributed by atoms with Crippen molar-refractivity contribution in [2.24, 2.45) is 0 Å². The SMILES string of the molecule is O=C(NCCO)c1cc(NC(=O)c2cc(-c3ncccc3F)ccc2Cl)n(-c2cccc(O)c2)n1. The molecule has 0 fully saturated rings. The lowest BCUT2D eigenvalue weighted by Crippen LogP contribution is -2.26. The molecule has 35 heavy (non-hydrogen) atoms. The van der Waals surface area contributed by atoms with E-state index in [4.69, 9.17) is 16.7 Å². The number of nitrogens with zero attached hydrogens (tertiary/aromatic N) is 3. The second-order valence-electron chi connectivity index (χ2n) is 7.31. The lowest BCUT2D eigenvalue weighted by atomic mass is 10.1. The maximum Gasteiger partial charge on any atom is 0.271 e. The molecule has 0 saturated heterocycles. The second-order valence-corrected chi connectivity index (χ2v) is 7.72. The monoisotopic (exact) mass is 495 g/mol. The van der Waals surface area contributed by atoms with Gasteiger partial charge in [0.2, 0.25) is 0 Å². The van der Waals surface area contributed by atoms with Crippen LogP contribution in [0.2, 0.25) is 5.02 Å². The molecule has 2 amide bonds. The first-order chi connectivity index (χ1) is 16.9. The molecule has 11 heteroatoms. The van der Waals surface area contributed by atoms with Crippen LogP contribution in [0.5, 0.6) is 5.75 Å². The van der Waals surface area contributed by atoms with E-state index in [0.29, 0.717) is 11.3 Å². The van der Waals surface area contributed by atoms with Gasteiger partial charge in [-0.2, -0.15) is 5.10 Å². The normalized spacial score (nSPS) is 10.7. The third-order valence-corrected chi connectivity index (χ3v) is 5.23. The Labute approximate surface area is 203 Å². The van der Waals surface area contributed by atoms with Gasteiger partial charge in [-0.1, -0.05) is 23.7 Å². The number of carbonyl (C=O) groups excluding carboxylic acids is 2. The Morgan fingerprint density at radius 3 is 2.63 bits per heavy atom. The van der Waals surface area contributed by atoms with Crippen molar-refractivity contribution in [1.29, 1.82) is 0 Å². The number of anilines is 1. The third kappa shape index (κ3) is 5.29. The van der Waals surface area contributed by atoms with Crippen LogP contribution in [-0.2, 0) is 0 Å². The predicted octanol–water partition coefficient (Wildman–Crippen LogP) is 3.41. The fourth-order valence-electron chi connectivity index (χ4n) is 3.29. The molecular formula is C24H19ClFN5O4. The van der Waals surface area contributed by atoms with Gasteiger partial charge in [0, 0.05) is 30.4 Å². The number of nitrogens with one attached hydrogen (secondary N) is 2. The molecule has 4 aromatic rings. The average molecular weight is 496 g/mol. The highest BCUT2D eigenvalue weighted by molar-refractivity contribution is 6.34. The number of aliphatic hydroxyl groups is 1. The Morgan fingerprint density at radius 2 is 1.89 bits per heavy atom. The summed E-state index contributed by atoms with van der Waals surface area (Å²) < 4.78 is 15.5. The quantitative estimate of drug-likeness (QED) is 0.311. The van der Waals surface area contributed by atoms with Crippen molar-refractivity contribution >= 4 is 29.2 Å². The Balaban J connectivity index is 1.71. The molecule has 0 aliphatic heterocycles. The highest BCUT2D eigenvalue weighted by Crippen LogP contribution is 2.27. The van der Waals surface area contributed by atoms with Crippen LogP contribution in [-0.4, -0.2) is 49.9 Å². The minimum atomic E-state index is -0.642. The van der Waals surface area contributed by atoms with E-state index in [1.807, 2.05) is 0 Å². The number of hydrogen-bond donors (Lipinski definition) is 4. The minimum absolute atomic E-state index is 0.0198. The number of benzene rings is 2. The number of phenols is 1. The third-order valence-electron chi connectivity index (χ3n) is 4.90. The molecule has 4 N–H and O–H groups in total. The minimum Gasteiger partial charge on any atom is -0.508 e. The summed E-state index contributed by atoms with van der Waals surface area (Å²) >= 11 is 6.26. The first-order valence-corrected chi connectivity index (χ1v) is 10.8. The zero-order chi connectivity index (χ0) is 24.9. The molecule has 0 saturated carbocycles. The lowest BCUT2D eigenvalue weighted by Gasteiger charge is -2.11. The summed E-state index contributed by atoms with van der Waals surface area (Å²) in [4.78, 5) is 29.6. The fraction of sp³-hybridized carbons (Fsp3) is 0.0833. The summed E-state index contributed by atoms with van der Waals surface area (Å²) in [6, 6.07) is 14.5.